The highest BCUT2D eigenvalue weighted by molar-refractivity contribution is 9.10. The SMILES string of the molecule is CCCOc1ccccc1CN(Cc1ccco1)C(=O)c1ccc(S(=O)(=O)c2ccc(Br)cc2)o1. The van der Waals surface area contributed by atoms with E-state index in [0.29, 0.717) is 18.1 Å². The van der Waals surface area contributed by atoms with E-state index in [9.17, 15) is 13.2 Å². The number of rotatable bonds is 10. The predicted octanol–water partition coefficient (Wildman–Crippen LogP) is 6.10. The maximum absolute atomic E-state index is 13.5. The van der Waals surface area contributed by atoms with Crippen LogP contribution in [0.25, 0.3) is 0 Å². The van der Waals surface area contributed by atoms with Gasteiger partial charge in [-0.3, -0.25) is 4.79 Å². The van der Waals surface area contributed by atoms with E-state index < -0.39 is 15.7 Å². The molecule has 0 bridgehead atoms. The number of carbonyl (C=O) groups is 1. The molecule has 7 nitrogen and oxygen atoms in total. The van der Waals surface area contributed by atoms with E-state index in [0.717, 1.165) is 16.5 Å². The third-order valence-electron chi connectivity index (χ3n) is 5.19. The summed E-state index contributed by atoms with van der Waals surface area (Å²) in [5, 5.41) is -0.298. The number of halogens is 1. The third-order valence-corrected chi connectivity index (χ3v) is 7.36. The highest BCUT2D eigenvalue weighted by atomic mass is 79.9. The Labute approximate surface area is 212 Å². The minimum atomic E-state index is -3.92. The molecule has 1 amide bonds. The van der Waals surface area contributed by atoms with Crippen molar-refractivity contribution in [3.05, 3.63) is 101 Å². The van der Waals surface area contributed by atoms with Crippen LogP contribution in [-0.2, 0) is 22.9 Å². The van der Waals surface area contributed by atoms with Gasteiger partial charge in [0.25, 0.3) is 5.91 Å². The van der Waals surface area contributed by atoms with Crippen LogP contribution in [0.1, 0.15) is 35.2 Å². The lowest BCUT2D eigenvalue weighted by Gasteiger charge is -2.22. The maximum Gasteiger partial charge on any atom is 0.290 e. The molecule has 0 saturated carbocycles. The van der Waals surface area contributed by atoms with Crippen molar-refractivity contribution >= 4 is 31.7 Å². The van der Waals surface area contributed by atoms with E-state index in [-0.39, 0.29) is 28.8 Å². The molecule has 4 aromatic rings. The van der Waals surface area contributed by atoms with Gasteiger partial charge in [0, 0.05) is 10.0 Å². The van der Waals surface area contributed by atoms with Crippen LogP contribution in [0.2, 0.25) is 0 Å². The summed E-state index contributed by atoms with van der Waals surface area (Å²) in [4.78, 5) is 15.1. The van der Waals surface area contributed by atoms with Crippen molar-refractivity contribution in [1.82, 2.24) is 4.90 Å². The lowest BCUT2D eigenvalue weighted by molar-refractivity contribution is 0.0678. The van der Waals surface area contributed by atoms with Crippen LogP contribution in [0, 0.1) is 0 Å². The number of amides is 1. The molecule has 9 heteroatoms. The Bertz CT molecular complexity index is 1380. The number of ether oxygens (including phenoxy) is 1. The summed E-state index contributed by atoms with van der Waals surface area (Å²) in [5.41, 5.74) is 0.815. The summed E-state index contributed by atoms with van der Waals surface area (Å²) in [5.74, 6) is 0.715. The summed E-state index contributed by atoms with van der Waals surface area (Å²) in [6.07, 6.45) is 2.39. The lowest BCUT2D eigenvalue weighted by Crippen LogP contribution is -2.30. The smallest absolute Gasteiger partial charge is 0.290 e. The van der Waals surface area contributed by atoms with Crippen LogP contribution >= 0.6 is 15.9 Å². The second kappa shape index (κ2) is 11.0. The number of carbonyl (C=O) groups excluding carboxylic acids is 1. The summed E-state index contributed by atoms with van der Waals surface area (Å²) in [7, 11) is -3.92. The normalized spacial score (nSPS) is 11.4. The van der Waals surface area contributed by atoms with Crippen LogP contribution < -0.4 is 4.74 Å². The minimum Gasteiger partial charge on any atom is -0.493 e. The molecule has 0 aliphatic rings. The van der Waals surface area contributed by atoms with Crippen molar-refractivity contribution in [2.75, 3.05) is 6.61 Å². The molecule has 0 aliphatic carbocycles. The van der Waals surface area contributed by atoms with Gasteiger partial charge in [0.2, 0.25) is 14.9 Å². The van der Waals surface area contributed by atoms with Crippen LogP contribution in [-0.4, -0.2) is 25.8 Å². The minimum absolute atomic E-state index is 0.0727. The molecule has 0 saturated heterocycles. The van der Waals surface area contributed by atoms with E-state index in [4.69, 9.17) is 13.6 Å². The molecular weight excluding hydrogens is 534 g/mol. The van der Waals surface area contributed by atoms with E-state index in [1.54, 1.807) is 24.3 Å². The highest BCUT2D eigenvalue weighted by Crippen LogP contribution is 2.27. The van der Waals surface area contributed by atoms with E-state index >= 15 is 0 Å². The molecule has 0 fully saturated rings. The monoisotopic (exact) mass is 557 g/mol. The van der Waals surface area contributed by atoms with Gasteiger partial charge in [0.05, 0.1) is 30.9 Å². The highest BCUT2D eigenvalue weighted by Gasteiger charge is 2.27. The molecule has 35 heavy (non-hydrogen) atoms. The van der Waals surface area contributed by atoms with Gasteiger partial charge >= 0.3 is 0 Å². The van der Waals surface area contributed by atoms with Crippen molar-refractivity contribution in [3.63, 3.8) is 0 Å². The fraction of sp³-hybridized carbons (Fsp3) is 0.192. The summed E-state index contributed by atoms with van der Waals surface area (Å²) in [6, 6.07) is 19.9. The summed E-state index contributed by atoms with van der Waals surface area (Å²) < 4.78 is 43.6. The zero-order chi connectivity index (χ0) is 24.8. The van der Waals surface area contributed by atoms with Crippen LogP contribution in [0.4, 0.5) is 0 Å². The molecule has 0 radical (unpaired) electrons. The molecule has 2 heterocycles. The van der Waals surface area contributed by atoms with E-state index in [2.05, 4.69) is 15.9 Å². The standard InChI is InChI=1S/C26H24BrNO6S/c1-2-15-33-23-8-4-3-6-19(23)17-28(18-21-7-5-16-32-21)26(29)24-13-14-25(34-24)35(30,31)22-11-9-20(27)10-12-22/h3-14,16H,2,15,17-18H2,1H3. The average molecular weight is 558 g/mol. The molecule has 0 spiro atoms. The van der Waals surface area contributed by atoms with Gasteiger partial charge in [-0.05, 0) is 61.0 Å². The molecule has 182 valence electrons. The average Bonchev–Trinajstić information content (AvgIpc) is 3.56. The number of hydrogen-bond acceptors (Lipinski definition) is 6. The number of para-hydroxylation sites is 1. The Balaban J connectivity index is 1.62. The first-order valence-corrected chi connectivity index (χ1v) is 13.3. The number of hydrogen-bond donors (Lipinski definition) is 0. The van der Waals surface area contributed by atoms with Gasteiger partial charge in [-0.25, -0.2) is 8.42 Å². The molecule has 0 unspecified atom stereocenters. The van der Waals surface area contributed by atoms with E-state index in [1.165, 1.54) is 35.4 Å². The lowest BCUT2D eigenvalue weighted by atomic mass is 10.1. The first kappa shape index (κ1) is 24.8. The van der Waals surface area contributed by atoms with Gasteiger partial charge in [-0.2, -0.15) is 0 Å². The Morgan fingerprint density at radius 1 is 0.971 bits per heavy atom. The third kappa shape index (κ3) is 5.86. The van der Waals surface area contributed by atoms with Gasteiger partial charge in [0.15, 0.2) is 5.76 Å². The Morgan fingerprint density at radius 3 is 2.46 bits per heavy atom. The summed E-state index contributed by atoms with van der Waals surface area (Å²) in [6.45, 7) is 2.96. The molecule has 4 rings (SSSR count). The van der Waals surface area contributed by atoms with Gasteiger partial charge in [-0.15, -0.1) is 0 Å². The van der Waals surface area contributed by atoms with Crippen molar-refractivity contribution in [1.29, 1.82) is 0 Å². The molecule has 2 aromatic heterocycles. The first-order valence-electron chi connectivity index (χ1n) is 11.0. The second-order valence-corrected chi connectivity index (χ2v) is 10.6. The molecule has 0 N–H and O–H groups in total. The van der Waals surface area contributed by atoms with Gasteiger partial charge in [-0.1, -0.05) is 41.1 Å². The zero-order valence-corrected chi connectivity index (χ0v) is 21.4. The van der Waals surface area contributed by atoms with Crippen LogP contribution in [0.5, 0.6) is 5.75 Å². The van der Waals surface area contributed by atoms with Crippen LogP contribution in [0.3, 0.4) is 0 Å². The molecular formula is C26H24BrNO6S. The zero-order valence-electron chi connectivity index (χ0n) is 19.0. The van der Waals surface area contributed by atoms with Crippen molar-refractivity contribution < 1.29 is 26.8 Å². The topological polar surface area (TPSA) is 90.0 Å². The van der Waals surface area contributed by atoms with Gasteiger partial charge in [0.1, 0.15) is 11.5 Å². The fourth-order valence-electron chi connectivity index (χ4n) is 3.45. The molecule has 2 aromatic carbocycles. The maximum atomic E-state index is 13.5. The molecule has 0 aliphatic heterocycles. The van der Waals surface area contributed by atoms with Crippen molar-refractivity contribution in [3.8, 4) is 5.75 Å². The number of benzene rings is 2. The Kier molecular flexibility index (Phi) is 7.77. The molecule has 0 atom stereocenters. The fourth-order valence-corrected chi connectivity index (χ4v) is 4.89. The predicted molar refractivity (Wildman–Crippen MR) is 133 cm³/mol. The Morgan fingerprint density at radius 2 is 1.74 bits per heavy atom. The van der Waals surface area contributed by atoms with Gasteiger partial charge < -0.3 is 18.5 Å². The number of nitrogens with zero attached hydrogens (tertiary/aromatic N) is 1. The largest absolute Gasteiger partial charge is 0.493 e. The number of sulfone groups is 1. The van der Waals surface area contributed by atoms with Crippen molar-refractivity contribution in [2.45, 2.75) is 36.4 Å². The summed E-state index contributed by atoms with van der Waals surface area (Å²) >= 11 is 3.29. The number of furan rings is 2. The van der Waals surface area contributed by atoms with E-state index in [1.807, 2.05) is 31.2 Å². The quantitative estimate of drug-likeness (QED) is 0.234. The second-order valence-electron chi connectivity index (χ2n) is 7.77. The van der Waals surface area contributed by atoms with Crippen molar-refractivity contribution in [2.24, 2.45) is 0 Å². The first-order chi connectivity index (χ1) is 16.9. The van der Waals surface area contributed by atoms with Crippen LogP contribution in [0.15, 0.2) is 102 Å². The Hall–Kier alpha value is -3.30.